The quantitative estimate of drug-likeness (QED) is 0.395. The van der Waals surface area contributed by atoms with E-state index in [1.807, 2.05) is 24.5 Å². The van der Waals surface area contributed by atoms with Gasteiger partial charge in [-0.15, -0.1) is 6.58 Å². The van der Waals surface area contributed by atoms with E-state index in [1.54, 1.807) is 24.3 Å². The second-order valence-corrected chi connectivity index (χ2v) is 6.39. The van der Waals surface area contributed by atoms with Gasteiger partial charge in [0.1, 0.15) is 5.75 Å². The van der Waals surface area contributed by atoms with Crippen molar-refractivity contribution < 1.29 is 19.1 Å². The molecule has 0 atom stereocenters. The van der Waals surface area contributed by atoms with Gasteiger partial charge in [0, 0.05) is 23.5 Å². The Morgan fingerprint density at radius 1 is 1.28 bits per heavy atom. The Bertz CT molecular complexity index is 823. The molecule has 0 radical (unpaired) electrons. The van der Waals surface area contributed by atoms with Crippen LogP contribution in [0, 0.1) is 13.8 Å². The van der Waals surface area contributed by atoms with Crippen LogP contribution in [0.3, 0.4) is 0 Å². The molecule has 0 N–H and O–H groups in total. The molecule has 2 rings (SSSR count). The van der Waals surface area contributed by atoms with Crippen LogP contribution in [0.15, 0.2) is 41.4 Å². The molecule has 0 unspecified atom stereocenters. The van der Waals surface area contributed by atoms with E-state index in [4.69, 9.17) is 4.74 Å². The summed E-state index contributed by atoms with van der Waals surface area (Å²) >= 11 is 3.34. The molecule has 0 aliphatic heterocycles. The van der Waals surface area contributed by atoms with Gasteiger partial charge in [0.05, 0.1) is 17.1 Å². The molecule has 5 nitrogen and oxygen atoms in total. The number of benzene rings is 1. The molecule has 0 aliphatic carbocycles. The van der Waals surface area contributed by atoms with Crippen LogP contribution in [0.5, 0.6) is 5.75 Å². The Kier molecular flexibility index (Phi) is 6.20. The zero-order valence-corrected chi connectivity index (χ0v) is 16.1. The van der Waals surface area contributed by atoms with Gasteiger partial charge in [0.25, 0.3) is 0 Å². The van der Waals surface area contributed by atoms with E-state index in [0.29, 0.717) is 27.9 Å². The molecule has 6 heteroatoms. The predicted molar refractivity (Wildman–Crippen MR) is 99.4 cm³/mol. The highest BCUT2D eigenvalue weighted by atomic mass is 79.9. The molecule has 25 heavy (non-hydrogen) atoms. The fraction of sp³-hybridized carbons (Fsp3) is 0.263. The van der Waals surface area contributed by atoms with E-state index in [9.17, 15) is 9.59 Å². The number of hydrogen-bond donors (Lipinski definition) is 0. The van der Waals surface area contributed by atoms with Gasteiger partial charge < -0.3 is 14.0 Å². The van der Waals surface area contributed by atoms with Gasteiger partial charge in [-0.2, -0.15) is 0 Å². The van der Waals surface area contributed by atoms with Gasteiger partial charge in [-0.1, -0.05) is 6.08 Å². The van der Waals surface area contributed by atoms with Crippen LogP contribution >= 0.6 is 15.9 Å². The maximum Gasteiger partial charge on any atom is 0.337 e. The number of carbonyl (C=O) groups excluding carboxylic acids is 2. The van der Waals surface area contributed by atoms with Crippen molar-refractivity contribution in [2.75, 3.05) is 13.7 Å². The number of aromatic nitrogens is 1. The molecule has 0 saturated heterocycles. The average Bonchev–Trinajstić information content (AvgIpc) is 2.88. The molecular formula is C19H20BrNO4. The molecule has 0 fully saturated rings. The summed E-state index contributed by atoms with van der Waals surface area (Å²) < 4.78 is 12.9. The van der Waals surface area contributed by atoms with E-state index in [0.717, 1.165) is 11.4 Å². The number of Topliss-reactive ketones (excluding diaryl/α,β-unsaturated/α-hetero) is 1. The lowest BCUT2D eigenvalue weighted by atomic mass is 10.1. The van der Waals surface area contributed by atoms with Gasteiger partial charge in [0.2, 0.25) is 5.78 Å². The molecule has 1 aromatic heterocycles. The van der Waals surface area contributed by atoms with Crippen molar-refractivity contribution in [3.63, 3.8) is 0 Å². The Hall–Kier alpha value is -2.34. The van der Waals surface area contributed by atoms with E-state index in [1.165, 1.54) is 7.11 Å². The van der Waals surface area contributed by atoms with Crippen LogP contribution in [-0.4, -0.2) is 30.0 Å². The minimum Gasteiger partial charge on any atom is -0.484 e. The maximum absolute atomic E-state index is 12.5. The number of methoxy groups -OCH3 is 1. The third-order valence-corrected chi connectivity index (χ3v) is 4.52. The van der Waals surface area contributed by atoms with E-state index >= 15 is 0 Å². The fourth-order valence-electron chi connectivity index (χ4n) is 2.58. The summed E-state index contributed by atoms with van der Waals surface area (Å²) in [6, 6.07) is 6.68. The van der Waals surface area contributed by atoms with Crippen LogP contribution in [0.2, 0.25) is 0 Å². The number of ketones is 1. The minimum atomic E-state index is -0.432. The lowest BCUT2D eigenvalue weighted by Crippen LogP contribution is -2.13. The first-order chi connectivity index (χ1) is 11.9. The molecule has 0 saturated carbocycles. The summed E-state index contributed by atoms with van der Waals surface area (Å²) in [7, 11) is 1.32. The van der Waals surface area contributed by atoms with Crippen molar-refractivity contribution >= 4 is 27.7 Å². The number of rotatable bonds is 7. The van der Waals surface area contributed by atoms with Crippen LogP contribution in [0.4, 0.5) is 0 Å². The molecule has 0 amide bonds. The topological polar surface area (TPSA) is 57.5 Å². The second kappa shape index (κ2) is 8.16. The number of aryl methyl sites for hydroxylation is 1. The third-order valence-electron chi connectivity index (χ3n) is 3.90. The summed E-state index contributed by atoms with van der Waals surface area (Å²) in [6.07, 6.45) is 1.80. The molecule has 1 aromatic carbocycles. The lowest BCUT2D eigenvalue weighted by molar-refractivity contribution is 0.0600. The number of ether oxygens (including phenoxy) is 2. The van der Waals surface area contributed by atoms with E-state index in [-0.39, 0.29) is 12.4 Å². The molecule has 0 spiro atoms. The fourth-order valence-corrected chi connectivity index (χ4v) is 3.07. The maximum atomic E-state index is 12.5. The summed E-state index contributed by atoms with van der Waals surface area (Å²) in [4.78, 5) is 24.0. The number of hydrogen-bond acceptors (Lipinski definition) is 4. The molecule has 1 heterocycles. The van der Waals surface area contributed by atoms with Crippen LogP contribution < -0.4 is 4.74 Å². The third kappa shape index (κ3) is 4.20. The van der Waals surface area contributed by atoms with Crippen LogP contribution in [0.25, 0.3) is 0 Å². The van der Waals surface area contributed by atoms with Crippen LogP contribution in [0.1, 0.15) is 32.1 Å². The highest BCUT2D eigenvalue weighted by molar-refractivity contribution is 9.10. The van der Waals surface area contributed by atoms with Crippen molar-refractivity contribution in [3.05, 3.63) is 63.9 Å². The van der Waals surface area contributed by atoms with Crippen molar-refractivity contribution in [3.8, 4) is 5.75 Å². The van der Waals surface area contributed by atoms with Crippen molar-refractivity contribution in [2.45, 2.75) is 20.4 Å². The normalized spacial score (nSPS) is 10.4. The first kappa shape index (κ1) is 19.0. The summed E-state index contributed by atoms with van der Waals surface area (Å²) in [5, 5.41) is 0. The standard InChI is InChI=1S/C19H20BrNO4/c1-5-8-21-12(2)9-15(13(21)3)17(22)11-25-18-7-6-14(10-16(18)20)19(23)24-4/h5-7,9-10H,1,8,11H2,2-4H3. The van der Waals surface area contributed by atoms with Crippen molar-refractivity contribution in [1.29, 1.82) is 0 Å². The highest BCUT2D eigenvalue weighted by Gasteiger charge is 2.16. The summed E-state index contributed by atoms with van der Waals surface area (Å²) in [6.45, 7) is 8.17. The van der Waals surface area contributed by atoms with Gasteiger partial charge in [-0.25, -0.2) is 4.79 Å². The molecule has 0 bridgehead atoms. The summed E-state index contributed by atoms with van der Waals surface area (Å²) in [5.74, 6) is -0.0498. The molecule has 2 aromatic rings. The molecule has 0 aliphatic rings. The highest BCUT2D eigenvalue weighted by Crippen LogP contribution is 2.27. The summed E-state index contributed by atoms with van der Waals surface area (Å²) in [5.41, 5.74) is 2.94. The number of esters is 1. The Balaban J connectivity index is 2.11. The average molecular weight is 406 g/mol. The molecule has 132 valence electrons. The predicted octanol–water partition coefficient (Wildman–Crippen LogP) is 4.10. The number of carbonyl (C=O) groups is 2. The monoisotopic (exact) mass is 405 g/mol. The Morgan fingerprint density at radius 2 is 2.00 bits per heavy atom. The second-order valence-electron chi connectivity index (χ2n) is 5.53. The van der Waals surface area contributed by atoms with Gasteiger partial charge >= 0.3 is 5.97 Å². The van der Waals surface area contributed by atoms with Crippen molar-refractivity contribution in [1.82, 2.24) is 4.57 Å². The zero-order valence-electron chi connectivity index (χ0n) is 14.5. The van der Waals surface area contributed by atoms with E-state index in [2.05, 4.69) is 27.2 Å². The number of nitrogens with zero attached hydrogens (tertiary/aromatic N) is 1. The Morgan fingerprint density at radius 3 is 2.60 bits per heavy atom. The first-order valence-electron chi connectivity index (χ1n) is 7.70. The number of halogens is 1. The zero-order chi connectivity index (χ0) is 18.6. The largest absolute Gasteiger partial charge is 0.484 e. The number of allylic oxidation sites excluding steroid dienone is 1. The van der Waals surface area contributed by atoms with E-state index < -0.39 is 5.97 Å². The lowest BCUT2D eigenvalue weighted by Gasteiger charge is -2.09. The SMILES string of the molecule is C=CCn1c(C)cc(C(=O)COc2ccc(C(=O)OC)cc2Br)c1C. The van der Waals surface area contributed by atoms with Crippen molar-refractivity contribution in [2.24, 2.45) is 0 Å². The molecular weight excluding hydrogens is 386 g/mol. The van der Waals surface area contributed by atoms with Gasteiger partial charge in [0.15, 0.2) is 6.61 Å². The van der Waals surface area contributed by atoms with Crippen LogP contribution in [-0.2, 0) is 11.3 Å². The smallest absolute Gasteiger partial charge is 0.337 e. The van der Waals surface area contributed by atoms with Gasteiger partial charge in [-0.3, -0.25) is 4.79 Å². The Labute approximate surface area is 155 Å². The minimum absolute atomic E-state index is 0.0887. The first-order valence-corrected chi connectivity index (χ1v) is 8.49. The van der Waals surface area contributed by atoms with Gasteiger partial charge in [-0.05, 0) is 54.0 Å².